The van der Waals surface area contributed by atoms with Crippen LogP contribution in [0.5, 0.6) is 0 Å². The van der Waals surface area contributed by atoms with Crippen molar-refractivity contribution >= 4 is 54.4 Å². The zero-order chi connectivity index (χ0) is 37.1. The summed E-state index contributed by atoms with van der Waals surface area (Å²) in [5.41, 5.74) is 1.75. The average molecular weight is 764 g/mol. The number of nitrogens with zero attached hydrogens (tertiary/aromatic N) is 1. The molecular weight excluding hydrogens is 735 g/mol. The van der Waals surface area contributed by atoms with Gasteiger partial charge in [-0.2, -0.15) is 0 Å². The van der Waals surface area contributed by atoms with Gasteiger partial charge >= 0.3 is 5.97 Å². The van der Waals surface area contributed by atoms with Gasteiger partial charge in [0.2, 0.25) is 0 Å². The van der Waals surface area contributed by atoms with Crippen LogP contribution in [-0.2, 0) is 29.6 Å². The van der Waals surface area contributed by atoms with Gasteiger partial charge in [-0.3, -0.25) is 4.99 Å². The van der Waals surface area contributed by atoms with E-state index < -0.39 is 70.6 Å². The maximum absolute atomic E-state index is 15.2. The van der Waals surface area contributed by atoms with Gasteiger partial charge in [0.05, 0.1) is 15.1 Å². The molecule has 0 atom stereocenters. The molecule has 51 heavy (non-hydrogen) atoms. The molecule has 1 aliphatic carbocycles. The van der Waals surface area contributed by atoms with E-state index >= 15 is 8.78 Å². The second kappa shape index (κ2) is 15.3. The fourth-order valence-electron chi connectivity index (χ4n) is 5.20. The Balaban J connectivity index is 1.62. The first-order valence-corrected chi connectivity index (χ1v) is 19.1. The highest BCUT2D eigenvalue weighted by atomic mass is 32.3. The molecule has 2 N–H and O–H groups in total. The molecule has 1 heterocycles. The first-order chi connectivity index (χ1) is 24.2. The Labute approximate surface area is 294 Å². The summed E-state index contributed by atoms with van der Waals surface area (Å²) in [6.45, 7) is 7.55. The largest absolute Gasteiger partial charge is 0.462 e. The second-order valence-electron chi connectivity index (χ2n) is 10.6. The molecule has 0 saturated heterocycles. The van der Waals surface area contributed by atoms with Gasteiger partial charge in [0.25, 0.3) is 20.0 Å². The third-order valence-electron chi connectivity index (χ3n) is 7.28. The molecule has 0 fully saturated rings. The molecular formula is C34H29F4N3O7S3. The number of hydrogen-bond donors (Lipinski definition) is 2. The Kier molecular flexibility index (Phi) is 11.2. The van der Waals surface area contributed by atoms with Crippen LogP contribution in [0.1, 0.15) is 13.8 Å². The predicted molar refractivity (Wildman–Crippen MR) is 184 cm³/mol. The summed E-state index contributed by atoms with van der Waals surface area (Å²) in [5, 5.41) is 4.18. The minimum Gasteiger partial charge on any atom is -0.462 e. The van der Waals surface area contributed by atoms with Crippen LogP contribution in [0.2, 0.25) is 0 Å². The van der Waals surface area contributed by atoms with Gasteiger partial charge < -0.3 is 14.5 Å². The summed E-state index contributed by atoms with van der Waals surface area (Å²) in [4.78, 5) is 11.5. The van der Waals surface area contributed by atoms with Crippen molar-refractivity contribution in [2.24, 2.45) is 4.99 Å². The number of nitrogens with one attached hydrogen (secondary N) is 2. The summed E-state index contributed by atoms with van der Waals surface area (Å²) in [5.74, 6) is -9.82. The van der Waals surface area contributed by atoms with Crippen LogP contribution in [0, 0.1) is 23.3 Å². The lowest BCUT2D eigenvalue weighted by atomic mass is 9.93. The van der Waals surface area contributed by atoms with E-state index in [1.807, 2.05) is 13.8 Å². The number of thioether (sulfide) groups is 1. The summed E-state index contributed by atoms with van der Waals surface area (Å²) >= 11 is 0.200. The average Bonchev–Trinajstić information content (AvgIpc) is 3.09. The van der Waals surface area contributed by atoms with Crippen molar-refractivity contribution in [3.8, 4) is 22.5 Å². The van der Waals surface area contributed by atoms with Gasteiger partial charge in [0.15, 0.2) is 28.2 Å². The fraction of sp³-hybridized carbons (Fsp3) is 0.176. The van der Waals surface area contributed by atoms with Gasteiger partial charge in [-0.25, -0.2) is 39.2 Å². The number of fused-ring (bicyclic) bond motifs is 2. The monoisotopic (exact) mass is 763 g/mol. The molecule has 0 aromatic heterocycles. The number of ether oxygens (including phenoxy) is 1. The minimum atomic E-state index is -5.83. The van der Waals surface area contributed by atoms with Crippen molar-refractivity contribution in [3.05, 3.63) is 102 Å². The zero-order valence-electron chi connectivity index (χ0n) is 26.9. The Hall–Kier alpha value is -4.71. The maximum atomic E-state index is 15.2. The molecule has 3 aromatic carbocycles. The zero-order valence-corrected chi connectivity index (χ0v) is 29.4. The van der Waals surface area contributed by atoms with E-state index in [1.165, 1.54) is 22.3 Å². The van der Waals surface area contributed by atoms with Crippen molar-refractivity contribution in [2.75, 3.05) is 30.8 Å². The lowest BCUT2D eigenvalue weighted by Crippen LogP contribution is -2.33. The van der Waals surface area contributed by atoms with Crippen LogP contribution in [0.3, 0.4) is 0 Å². The first-order valence-electron chi connectivity index (χ1n) is 15.1. The van der Waals surface area contributed by atoms with Gasteiger partial charge in [0.1, 0.15) is 18.0 Å². The summed E-state index contributed by atoms with van der Waals surface area (Å²) in [7, 11) is -11.1. The molecule has 0 spiro atoms. The van der Waals surface area contributed by atoms with E-state index in [-0.39, 0.29) is 23.1 Å². The quantitative estimate of drug-likeness (QED) is 0.0258. The fourth-order valence-corrected chi connectivity index (χ4v) is 9.22. The smallest absolute Gasteiger partial charge is 0.330 e. The molecule has 2 aliphatic rings. The van der Waals surface area contributed by atoms with Gasteiger partial charge in [-0.15, -0.1) is 15.9 Å². The normalized spacial score (nSPS) is 12.4. The van der Waals surface area contributed by atoms with Gasteiger partial charge in [0, 0.05) is 64.8 Å². The highest BCUT2D eigenvalue weighted by molar-refractivity contribution is 8.04. The number of hydrogen-bond acceptors (Lipinski definition) is 10. The SMILES string of the molecule is C=CC(=O)OCCSc1c(F)c(F)c(S(=O)(=O)NS(=O)(=O)c2ccccc2-c2c3cc/c(=N\CC)cc-3oc3cc(NCC)ccc23)c(F)c1F. The van der Waals surface area contributed by atoms with Crippen molar-refractivity contribution < 1.29 is 48.3 Å². The molecule has 5 rings (SSSR count). The second-order valence-corrected chi connectivity index (χ2v) is 15.2. The molecule has 1 aliphatic heterocycles. The van der Waals surface area contributed by atoms with Crippen LogP contribution in [0.25, 0.3) is 33.4 Å². The van der Waals surface area contributed by atoms with Crippen molar-refractivity contribution in [3.63, 3.8) is 0 Å². The molecule has 3 aromatic rings. The highest BCUT2D eigenvalue weighted by Crippen LogP contribution is 2.43. The molecule has 0 radical (unpaired) electrons. The third kappa shape index (κ3) is 7.66. The van der Waals surface area contributed by atoms with Crippen LogP contribution in [-0.4, -0.2) is 48.3 Å². The third-order valence-corrected chi connectivity index (χ3v) is 11.9. The van der Waals surface area contributed by atoms with Gasteiger partial charge in [-0.05, 0) is 44.2 Å². The number of rotatable bonds is 13. The first kappa shape index (κ1) is 37.5. The van der Waals surface area contributed by atoms with E-state index in [0.717, 1.165) is 12.1 Å². The highest BCUT2D eigenvalue weighted by Gasteiger charge is 2.37. The molecule has 0 unspecified atom stereocenters. The number of halogens is 4. The molecule has 10 nitrogen and oxygen atoms in total. The van der Waals surface area contributed by atoms with Crippen LogP contribution in [0.15, 0.2) is 97.4 Å². The predicted octanol–water partition coefficient (Wildman–Crippen LogP) is 6.60. The van der Waals surface area contributed by atoms with Crippen molar-refractivity contribution in [1.82, 2.24) is 4.13 Å². The maximum Gasteiger partial charge on any atom is 0.330 e. The standard InChI is InChI=1S/C34H29F4N3O7S3/c1-4-27(42)47-15-16-49-33-29(35)31(37)34(32(38)30(33)36)51(45,46)41-50(43,44)26-10-8-7-9-23(26)28-21-13-11-19(39-5-2)17-24(21)48-25-18-20(40-6-3)12-14-22(25)28/h4,7-14,17-18,39,41H,1,5-6,15-16H2,2-3H3/b40-20+. The molecule has 0 saturated carbocycles. The lowest BCUT2D eigenvalue weighted by molar-refractivity contribution is -0.137. The molecule has 17 heteroatoms. The Morgan fingerprint density at radius 1 is 0.922 bits per heavy atom. The molecule has 0 amide bonds. The Bertz CT molecular complexity index is 2410. The minimum absolute atomic E-state index is 0.0235. The Morgan fingerprint density at radius 3 is 2.29 bits per heavy atom. The Morgan fingerprint density at radius 2 is 1.63 bits per heavy atom. The van der Waals surface area contributed by atoms with E-state index in [4.69, 9.17) is 4.42 Å². The van der Waals surface area contributed by atoms with E-state index in [2.05, 4.69) is 21.6 Å². The molecule has 268 valence electrons. The number of sulfonamides is 2. The van der Waals surface area contributed by atoms with Crippen molar-refractivity contribution in [2.45, 2.75) is 28.5 Å². The van der Waals surface area contributed by atoms with Crippen LogP contribution >= 0.6 is 11.8 Å². The number of benzene rings is 4. The van der Waals surface area contributed by atoms with Gasteiger partial charge in [-0.1, -0.05) is 24.8 Å². The van der Waals surface area contributed by atoms with Crippen LogP contribution in [0.4, 0.5) is 23.2 Å². The number of esters is 1. The van der Waals surface area contributed by atoms with E-state index in [1.54, 1.807) is 36.4 Å². The van der Waals surface area contributed by atoms with E-state index in [0.29, 0.717) is 52.0 Å². The topological polar surface area (TPSA) is 144 Å². The van der Waals surface area contributed by atoms with E-state index in [9.17, 15) is 30.4 Å². The number of anilines is 1. The summed E-state index contributed by atoms with van der Waals surface area (Å²) in [6.07, 6.45) is 0.824. The lowest BCUT2D eigenvalue weighted by Gasteiger charge is -2.19. The van der Waals surface area contributed by atoms with Crippen LogP contribution < -0.4 is 14.8 Å². The number of carbonyl (C=O) groups excluding carboxylic acids is 1. The molecule has 0 bridgehead atoms. The summed E-state index contributed by atoms with van der Waals surface area (Å²) in [6, 6.07) is 15.4. The van der Waals surface area contributed by atoms with Crippen molar-refractivity contribution in [1.29, 1.82) is 0 Å². The summed E-state index contributed by atoms with van der Waals surface area (Å²) < 4.78 is 127. The number of carbonyl (C=O) groups is 1.